The van der Waals surface area contributed by atoms with Crippen molar-refractivity contribution < 1.29 is 52.9 Å². The average Bonchev–Trinajstić information content (AvgIpc) is 2.68. The van der Waals surface area contributed by atoms with Crippen LogP contribution < -0.4 is 23.8 Å². The summed E-state index contributed by atoms with van der Waals surface area (Å²) in [6.45, 7) is 7.31. The Morgan fingerprint density at radius 3 is 2.50 bits per heavy atom. The number of carbonyl (C=O) groups excluding carboxylic acids is 1. The maximum absolute atomic E-state index is 13.5. The molecule has 1 saturated heterocycles. The van der Waals surface area contributed by atoms with Crippen LogP contribution in [0.3, 0.4) is 0 Å². The third-order valence-electron chi connectivity index (χ3n) is 5.40. The van der Waals surface area contributed by atoms with Crippen molar-refractivity contribution in [2.24, 2.45) is 5.92 Å². The Bertz CT molecular complexity index is 1050. The fourth-order valence-corrected chi connectivity index (χ4v) is 4.21. The van der Waals surface area contributed by atoms with Crippen LogP contribution in [0.2, 0.25) is 0 Å². The first-order valence-electron chi connectivity index (χ1n) is 10.7. The molecule has 2 heterocycles. The predicted octanol–water partition coefficient (Wildman–Crippen LogP) is 1.91. The summed E-state index contributed by atoms with van der Waals surface area (Å²) in [5.74, 6) is -1.12. The van der Waals surface area contributed by atoms with Gasteiger partial charge in [-0.3, -0.25) is 14.7 Å². The molecular formula is C23H29F3LiN3O4. The number of hydrogen-bond acceptors (Lipinski definition) is 5. The first kappa shape index (κ1) is 27.8. The van der Waals surface area contributed by atoms with Crippen molar-refractivity contribution in [1.82, 2.24) is 9.88 Å². The minimum Gasteiger partial charge on any atom is -1.00 e. The van der Waals surface area contributed by atoms with Gasteiger partial charge in [-0.25, -0.2) is 4.79 Å². The molecule has 2 aromatic rings. The van der Waals surface area contributed by atoms with E-state index in [-0.39, 0.29) is 38.3 Å². The summed E-state index contributed by atoms with van der Waals surface area (Å²) < 4.78 is 45.9. The number of nitrogens with zero attached hydrogens (tertiary/aromatic N) is 3. The van der Waals surface area contributed by atoms with Gasteiger partial charge >= 0.3 is 37.1 Å². The number of hydrogen-bond donors (Lipinski definition) is 1. The molecule has 1 aromatic heterocycles. The standard InChI is InChI=1S/C23H28F3N3O4.Li.H/c1-14-10-15(29(13-19(30)31)21(32)33-22(2,3)4)12-28(11-14)18-8-7-17(23(24,25)26)20-16(18)6-5-9-27-20;;/h5-9,14-15H,10-13H2,1-4H3,(H,30,31);;/q;+1;-1/t14-,15+;;/m0../s1. The Morgan fingerprint density at radius 1 is 1.24 bits per heavy atom. The van der Waals surface area contributed by atoms with Crippen LogP contribution in [0.1, 0.15) is 41.1 Å². The quantitative estimate of drug-likeness (QED) is 0.681. The number of carboxylic acids is 1. The van der Waals surface area contributed by atoms with E-state index in [1.807, 2.05) is 11.8 Å². The van der Waals surface area contributed by atoms with E-state index in [4.69, 9.17) is 4.74 Å². The summed E-state index contributed by atoms with van der Waals surface area (Å²) in [6, 6.07) is 5.10. The molecule has 3 rings (SSSR count). The summed E-state index contributed by atoms with van der Waals surface area (Å²) in [7, 11) is 0. The van der Waals surface area contributed by atoms with Gasteiger partial charge < -0.3 is 16.2 Å². The van der Waals surface area contributed by atoms with E-state index in [0.717, 1.165) is 6.07 Å². The number of benzene rings is 1. The second-order valence-electron chi connectivity index (χ2n) is 9.43. The van der Waals surface area contributed by atoms with Crippen molar-refractivity contribution in [3.63, 3.8) is 0 Å². The number of fused-ring (bicyclic) bond motifs is 1. The molecule has 0 saturated carbocycles. The predicted molar refractivity (Wildman–Crippen MR) is 118 cm³/mol. The summed E-state index contributed by atoms with van der Waals surface area (Å²) in [4.78, 5) is 31.3. The van der Waals surface area contributed by atoms with Gasteiger partial charge in [0.25, 0.3) is 0 Å². The van der Waals surface area contributed by atoms with Crippen LogP contribution in [-0.4, -0.2) is 58.3 Å². The largest absolute Gasteiger partial charge is 1.00 e. The number of rotatable bonds is 4. The third-order valence-corrected chi connectivity index (χ3v) is 5.40. The van der Waals surface area contributed by atoms with Crippen molar-refractivity contribution in [3.05, 3.63) is 36.0 Å². The first-order chi connectivity index (χ1) is 15.3. The number of ether oxygens (including phenoxy) is 1. The van der Waals surface area contributed by atoms with Crippen molar-refractivity contribution >= 4 is 28.7 Å². The zero-order valence-electron chi connectivity index (χ0n) is 21.0. The maximum atomic E-state index is 13.5. The molecule has 7 nitrogen and oxygen atoms in total. The van der Waals surface area contributed by atoms with E-state index in [0.29, 0.717) is 24.0 Å². The smallest absolute Gasteiger partial charge is 1.00 e. The Kier molecular flexibility index (Phi) is 8.54. The van der Waals surface area contributed by atoms with E-state index >= 15 is 0 Å². The number of halogens is 3. The normalized spacial score (nSPS) is 18.9. The average molecular weight is 475 g/mol. The molecule has 2 atom stereocenters. The second kappa shape index (κ2) is 10.4. The van der Waals surface area contributed by atoms with Crippen molar-refractivity contribution in [1.29, 1.82) is 0 Å². The van der Waals surface area contributed by atoms with Crippen molar-refractivity contribution in [3.8, 4) is 0 Å². The Hall–Kier alpha value is -2.44. The monoisotopic (exact) mass is 475 g/mol. The van der Waals surface area contributed by atoms with E-state index in [1.54, 1.807) is 32.9 Å². The molecule has 0 unspecified atom stereocenters. The Labute approximate surface area is 209 Å². The molecule has 1 aliphatic rings. The van der Waals surface area contributed by atoms with Gasteiger partial charge in [0.2, 0.25) is 0 Å². The molecule has 1 fully saturated rings. The number of carbonyl (C=O) groups is 2. The van der Waals surface area contributed by atoms with Crippen LogP contribution in [0.5, 0.6) is 0 Å². The van der Waals surface area contributed by atoms with Crippen LogP contribution in [0.25, 0.3) is 10.9 Å². The number of piperidine rings is 1. The van der Waals surface area contributed by atoms with Gasteiger partial charge in [-0.2, -0.15) is 13.2 Å². The Balaban J connectivity index is 0.00000306. The van der Waals surface area contributed by atoms with Gasteiger partial charge in [0.1, 0.15) is 12.1 Å². The third kappa shape index (κ3) is 6.57. The summed E-state index contributed by atoms with van der Waals surface area (Å²) >= 11 is 0. The van der Waals surface area contributed by atoms with E-state index in [2.05, 4.69) is 4.98 Å². The zero-order valence-corrected chi connectivity index (χ0v) is 20.0. The second-order valence-corrected chi connectivity index (χ2v) is 9.43. The molecule has 182 valence electrons. The van der Waals surface area contributed by atoms with Gasteiger partial charge in [0.05, 0.1) is 17.1 Å². The number of pyridine rings is 1. The number of carboxylic acid groups (broad SMARTS) is 1. The first-order valence-corrected chi connectivity index (χ1v) is 10.7. The molecule has 1 aromatic carbocycles. The van der Waals surface area contributed by atoms with Gasteiger partial charge in [-0.15, -0.1) is 0 Å². The fraction of sp³-hybridized carbons (Fsp3) is 0.522. The summed E-state index contributed by atoms with van der Waals surface area (Å²) in [5, 5.41) is 9.73. The molecule has 0 spiro atoms. The molecule has 0 radical (unpaired) electrons. The van der Waals surface area contributed by atoms with Gasteiger partial charge in [0.15, 0.2) is 0 Å². The Morgan fingerprint density at radius 2 is 1.91 bits per heavy atom. The van der Waals surface area contributed by atoms with E-state index in [1.165, 1.54) is 17.2 Å². The molecule has 0 bridgehead atoms. The van der Waals surface area contributed by atoms with Crippen molar-refractivity contribution in [2.75, 3.05) is 24.5 Å². The SMILES string of the molecule is C[C@H]1C[C@@H](N(CC(=O)O)C(=O)OC(C)(C)C)CN(c2ccc(C(F)(F)F)c3ncccc23)C1.[H-].[Li+]. The van der Waals surface area contributed by atoms with E-state index < -0.39 is 42.0 Å². The fourth-order valence-electron chi connectivity index (χ4n) is 4.21. The number of aliphatic carboxylic acids is 1. The molecule has 11 heteroatoms. The summed E-state index contributed by atoms with van der Waals surface area (Å²) in [6.07, 6.45) is -3.42. The van der Waals surface area contributed by atoms with Gasteiger partial charge in [-0.1, -0.05) is 6.92 Å². The minimum atomic E-state index is -4.54. The van der Waals surface area contributed by atoms with Crippen LogP contribution >= 0.6 is 0 Å². The molecule has 34 heavy (non-hydrogen) atoms. The van der Waals surface area contributed by atoms with Crippen LogP contribution in [0, 0.1) is 5.92 Å². The van der Waals surface area contributed by atoms with Gasteiger partial charge in [-0.05, 0) is 57.4 Å². The van der Waals surface area contributed by atoms with Crippen LogP contribution in [-0.2, 0) is 15.7 Å². The number of alkyl halides is 3. The molecule has 1 amide bonds. The minimum absolute atomic E-state index is 0. The molecule has 1 N–H and O–H groups in total. The topological polar surface area (TPSA) is 83.0 Å². The van der Waals surface area contributed by atoms with E-state index in [9.17, 15) is 27.9 Å². The van der Waals surface area contributed by atoms with Crippen LogP contribution in [0.15, 0.2) is 30.5 Å². The number of anilines is 1. The summed E-state index contributed by atoms with van der Waals surface area (Å²) in [5.41, 5.74) is -1.21. The van der Waals surface area contributed by atoms with Crippen LogP contribution in [0.4, 0.5) is 23.7 Å². The number of amides is 1. The molecule has 0 aliphatic carbocycles. The number of aromatic nitrogens is 1. The van der Waals surface area contributed by atoms with Gasteiger partial charge in [0, 0.05) is 30.4 Å². The maximum Gasteiger partial charge on any atom is 1.00 e. The molecule has 1 aliphatic heterocycles. The van der Waals surface area contributed by atoms with Crippen molar-refractivity contribution in [2.45, 2.75) is 51.9 Å². The zero-order chi connectivity index (χ0) is 24.6. The molecular weight excluding hydrogens is 446 g/mol.